The smallest absolute Gasteiger partial charge is 0.258 e. The van der Waals surface area contributed by atoms with Gasteiger partial charge in [-0.2, -0.15) is 0 Å². The molecule has 2 aliphatic heterocycles. The van der Waals surface area contributed by atoms with Gasteiger partial charge >= 0.3 is 0 Å². The number of halogens is 1. The maximum Gasteiger partial charge on any atom is 0.258 e. The summed E-state index contributed by atoms with van der Waals surface area (Å²) < 4.78 is 31.6. The zero-order valence-corrected chi connectivity index (χ0v) is 20.0. The summed E-state index contributed by atoms with van der Waals surface area (Å²) in [6, 6.07) is 12.3. The second-order valence-corrected chi connectivity index (χ2v) is 8.74. The Labute approximate surface area is 200 Å². The first kappa shape index (κ1) is 24.4. The summed E-state index contributed by atoms with van der Waals surface area (Å²) in [6.45, 7) is 6.16. The Balaban J connectivity index is 1.33. The summed E-state index contributed by atoms with van der Waals surface area (Å²) in [5, 5.41) is 3.45. The van der Waals surface area contributed by atoms with E-state index in [2.05, 4.69) is 12.2 Å². The van der Waals surface area contributed by atoms with Crippen molar-refractivity contribution in [2.24, 2.45) is 0 Å². The molecule has 2 aliphatic rings. The molecule has 7 nitrogen and oxygen atoms in total. The standard InChI is InChI=1S/C26H34FN3O4/c1-3-4-13-32-22-8-5-19(6-9-22)26(31)29(2)21-7-10-24(23(27)16-21)30-12-11-20(18-30)28-17-25-33-14-15-34-25/h5-10,16,20,25,28H,3-4,11-15,17-18H2,1-2H3. The quantitative estimate of drug-likeness (QED) is 0.532. The maximum atomic E-state index is 15.0. The average Bonchev–Trinajstić information content (AvgIpc) is 3.55. The van der Waals surface area contributed by atoms with Crippen molar-refractivity contribution in [1.82, 2.24) is 5.32 Å². The van der Waals surface area contributed by atoms with Gasteiger partial charge in [0.2, 0.25) is 0 Å². The van der Waals surface area contributed by atoms with Crippen molar-refractivity contribution in [1.29, 1.82) is 0 Å². The van der Waals surface area contributed by atoms with E-state index in [9.17, 15) is 4.79 Å². The monoisotopic (exact) mass is 471 g/mol. The van der Waals surface area contributed by atoms with Gasteiger partial charge in [0.1, 0.15) is 11.6 Å². The highest BCUT2D eigenvalue weighted by atomic mass is 19.1. The van der Waals surface area contributed by atoms with Crippen LogP contribution in [0.4, 0.5) is 15.8 Å². The van der Waals surface area contributed by atoms with Gasteiger partial charge in [-0.3, -0.25) is 4.79 Å². The van der Waals surface area contributed by atoms with Gasteiger partial charge in [-0.05, 0) is 55.3 Å². The van der Waals surface area contributed by atoms with E-state index < -0.39 is 0 Å². The SMILES string of the molecule is CCCCOc1ccc(C(=O)N(C)c2ccc(N3CCC(NCC4OCCO4)C3)c(F)c2)cc1. The van der Waals surface area contributed by atoms with Crippen LogP contribution < -0.4 is 19.9 Å². The van der Waals surface area contributed by atoms with Crippen molar-refractivity contribution in [3.8, 4) is 5.75 Å². The zero-order valence-electron chi connectivity index (χ0n) is 20.0. The van der Waals surface area contributed by atoms with Crippen LogP contribution >= 0.6 is 0 Å². The van der Waals surface area contributed by atoms with Crippen molar-refractivity contribution >= 4 is 17.3 Å². The lowest BCUT2D eigenvalue weighted by atomic mass is 10.1. The van der Waals surface area contributed by atoms with Gasteiger partial charge < -0.3 is 29.3 Å². The van der Waals surface area contributed by atoms with Crippen LogP contribution in [0.1, 0.15) is 36.5 Å². The number of carbonyl (C=O) groups is 1. The Morgan fingerprint density at radius 1 is 1.21 bits per heavy atom. The third kappa shape index (κ3) is 6.05. The molecule has 0 spiro atoms. The van der Waals surface area contributed by atoms with E-state index in [1.54, 1.807) is 43.4 Å². The Morgan fingerprint density at radius 3 is 2.68 bits per heavy atom. The summed E-state index contributed by atoms with van der Waals surface area (Å²) in [4.78, 5) is 16.4. The van der Waals surface area contributed by atoms with Crippen LogP contribution in [0.3, 0.4) is 0 Å². The number of unbranched alkanes of at least 4 members (excludes halogenated alkanes) is 1. The topological polar surface area (TPSA) is 63.3 Å². The summed E-state index contributed by atoms with van der Waals surface area (Å²) in [5.74, 6) is 0.207. The van der Waals surface area contributed by atoms with Crippen molar-refractivity contribution in [2.75, 3.05) is 56.3 Å². The van der Waals surface area contributed by atoms with Gasteiger partial charge in [-0.1, -0.05) is 13.3 Å². The predicted molar refractivity (Wildman–Crippen MR) is 130 cm³/mol. The largest absolute Gasteiger partial charge is 0.494 e. The first-order chi connectivity index (χ1) is 16.5. The van der Waals surface area contributed by atoms with E-state index in [0.29, 0.717) is 49.8 Å². The highest BCUT2D eigenvalue weighted by molar-refractivity contribution is 6.05. The van der Waals surface area contributed by atoms with Crippen molar-refractivity contribution in [2.45, 2.75) is 38.5 Å². The molecule has 4 rings (SSSR count). The van der Waals surface area contributed by atoms with Gasteiger partial charge in [0.15, 0.2) is 6.29 Å². The molecule has 0 saturated carbocycles. The normalized spacial score (nSPS) is 18.4. The van der Waals surface area contributed by atoms with Crippen LogP contribution in [0.25, 0.3) is 0 Å². The van der Waals surface area contributed by atoms with E-state index in [0.717, 1.165) is 31.6 Å². The van der Waals surface area contributed by atoms with E-state index in [1.165, 1.54) is 11.0 Å². The second-order valence-electron chi connectivity index (χ2n) is 8.74. The second kappa shape index (κ2) is 11.6. The molecule has 2 aromatic rings. The van der Waals surface area contributed by atoms with E-state index in [1.807, 2.05) is 4.90 Å². The molecule has 0 aliphatic carbocycles. The lowest BCUT2D eigenvalue weighted by Crippen LogP contribution is -2.38. The van der Waals surface area contributed by atoms with Crippen molar-refractivity contribution in [3.05, 3.63) is 53.8 Å². The van der Waals surface area contributed by atoms with Crippen molar-refractivity contribution in [3.63, 3.8) is 0 Å². The number of carbonyl (C=O) groups excluding carboxylic acids is 1. The number of amides is 1. The van der Waals surface area contributed by atoms with Gasteiger partial charge in [-0.15, -0.1) is 0 Å². The first-order valence-corrected chi connectivity index (χ1v) is 12.1. The molecule has 34 heavy (non-hydrogen) atoms. The third-order valence-corrected chi connectivity index (χ3v) is 6.28. The van der Waals surface area contributed by atoms with Crippen molar-refractivity contribution < 1.29 is 23.4 Å². The number of rotatable bonds is 10. The van der Waals surface area contributed by atoms with Crippen LogP contribution in [0.2, 0.25) is 0 Å². The van der Waals surface area contributed by atoms with E-state index in [4.69, 9.17) is 14.2 Å². The minimum absolute atomic E-state index is 0.192. The predicted octanol–water partition coefficient (Wildman–Crippen LogP) is 3.82. The number of hydrogen-bond donors (Lipinski definition) is 1. The molecule has 0 bridgehead atoms. The number of benzene rings is 2. The molecule has 2 saturated heterocycles. The molecule has 2 aromatic carbocycles. The molecule has 1 unspecified atom stereocenters. The minimum atomic E-state index is -0.333. The van der Waals surface area contributed by atoms with Gasteiger partial charge in [0.25, 0.3) is 5.91 Å². The lowest BCUT2D eigenvalue weighted by Gasteiger charge is -2.23. The fourth-order valence-corrected chi connectivity index (χ4v) is 4.23. The van der Waals surface area contributed by atoms with Crippen LogP contribution in [-0.2, 0) is 9.47 Å². The molecule has 1 atom stereocenters. The third-order valence-electron chi connectivity index (χ3n) is 6.28. The summed E-state index contributed by atoms with van der Waals surface area (Å²) in [5.41, 5.74) is 1.59. The number of ether oxygens (including phenoxy) is 3. The fraction of sp³-hybridized carbons (Fsp3) is 0.500. The Kier molecular flexibility index (Phi) is 8.37. The molecular weight excluding hydrogens is 437 g/mol. The fourth-order valence-electron chi connectivity index (χ4n) is 4.23. The van der Waals surface area contributed by atoms with Crippen LogP contribution in [0.5, 0.6) is 5.75 Å². The molecule has 2 heterocycles. The van der Waals surface area contributed by atoms with Crippen LogP contribution in [-0.4, -0.2) is 64.7 Å². The lowest BCUT2D eigenvalue weighted by molar-refractivity contribution is -0.0402. The number of anilines is 2. The van der Waals surface area contributed by atoms with E-state index in [-0.39, 0.29) is 24.1 Å². The highest BCUT2D eigenvalue weighted by Crippen LogP contribution is 2.28. The van der Waals surface area contributed by atoms with Crippen LogP contribution in [0, 0.1) is 5.82 Å². The molecule has 1 amide bonds. The number of nitrogens with one attached hydrogen (secondary N) is 1. The van der Waals surface area contributed by atoms with Gasteiger partial charge in [-0.25, -0.2) is 4.39 Å². The molecular formula is C26H34FN3O4. The van der Waals surface area contributed by atoms with Crippen LogP contribution in [0.15, 0.2) is 42.5 Å². The molecule has 184 valence electrons. The van der Waals surface area contributed by atoms with Gasteiger partial charge in [0, 0.05) is 44.0 Å². The number of nitrogens with zero attached hydrogens (tertiary/aromatic N) is 2. The highest BCUT2D eigenvalue weighted by Gasteiger charge is 2.26. The molecule has 8 heteroatoms. The molecule has 0 aromatic heterocycles. The Morgan fingerprint density at radius 2 is 1.97 bits per heavy atom. The van der Waals surface area contributed by atoms with E-state index >= 15 is 4.39 Å². The Hall–Kier alpha value is -2.68. The molecule has 2 fully saturated rings. The first-order valence-electron chi connectivity index (χ1n) is 12.1. The summed E-state index contributed by atoms with van der Waals surface area (Å²) in [6.07, 6.45) is 2.79. The minimum Gasteiger partial charge on any atom is -0.494 e. The Bertz CT molecular complexity index is 950. The molecule has 1 N–H and O–H groups in total. The number of hydrogen-bond acceptors (Lipinski definition) is 6. The zero-order chi connectivity index (χ0) is 23.9. The summed E-state index contributed by atoms with van der Waals surface area (Å²) >= 11 is 0. The maximum absolute atomic E-state index is 15.0. The summed E-state index contributed by atoms with van der Waals surface area (Å²) in [7, 11) is 1.66. The average molecular weight is 472 g/mol. The molecule has 0 radical (unpaired) electrons. The van der Waals surface area contributed by atoms with Gasteiger partial charge in [0.05, 0.1) is 25.5 Å².